The van der Waals surface area contributed by atoms with Crippen molar-refractivity contribution in [3.05, 3.63) is 52.7 Å². The van der Waals surface area contributed by atoms with Gasteiger partial charge in [-0.25, -0.2) is 9.78 Å². The predicted octanol–water partition coefficient (Wildman–Crippen LogP) is 4.08. The molecule has 1 aromatic heterocycles. The van der Waals surface area contributed by atoms with E-state index >= 15 is 0 Å². The van der Waals surface area contributed by atoms with Crippen molar-refractivity contribution in [3.63, 3.8) is 0 Å². The first-order chi connectivity index (χ1) is 9.95. The summed E-state index contributed by atoms with van der Waals surface area (Å²) < 4.78 is 5.31. The second-order valence-corrected chi connectivity index (χ2v) is 5.44. The second-order valence-electron chi connectivity index (χ2n) is 5.03. The number of carbonyl (C=O) groups is 1. The quantitative estimate of drug-likeness (QED) is 0.683. The van der Waals surface area contributed by atoms with Gasteiger partial charge < -0.3 is 10.1 Å². The van der Waals surface area contributed by atoms with Gasteiger partial charge in [-0.1, -0.05) is 23.7 Å². The Morgan fingerprint density at radius 2 is 2.05 bits per heavy atom. The Hall–Kier alpha value is -2.07. The lowest BCUT2D eigenvalue weighted by Crippen LogP contribution is -2.15. The number of rotatable bonds is 4. The molecule has 0 aliphatic heterocycles. The van der Waals surface area contributed by atoms with Gasteiger partial charge in [-0.3, -0.25) is 0 Å². The van der Waals surface area contributed by atoms with Gasteiger partial charge in [0.05, 0.1) is 5.02 Å². The number of hydrogen-bond acceptors (Lipinski definition) is 4. The zero-order valence-electron chi connectivity index (χ0n) is 12.2. The van der Waals surface area contributed by atoms with Crippen molar-refractivity contribution >= 4 is 23.4 Å². The Balaban J connectivity index is 2.18. The fourth-order valence-corrected chi connectivity index (χ4v) is 1.92. The monoisotopic (exact) mass is 304 g/mol. The van der Waals surface area contributed by atoms with Gasteiger partial charge >= 0.3 is 5.97 Å². The van der Waals surface area contributed by atoms with Crippen LogP contribution in [0.5, 0.6) is 5.75 Å². The maximum absolute atomic E-state index is 12.1. The number of anilines is 1. The maximum Gasteiger partial charge on any atom is 0.362 e. The molecule has 5 heteroatoms. The zero-order chi connectivity index (χ0) is 15.4. The van der Waals surface area contributed by atoms with E-state index in [0.29, 0.717) is 16.6 Å². The smallest absolute Gasteiger partial charge is 0.362 e. The molecule has 4 nitrogen and oxygen atoms in total. The molecule has 0 fully saturated rings. The van der Waals surface area contributed by atoms with Crippen LogP contribution in [0.25, 0.3) is 0 Å². The normalized spacial score (nSPS) is 10.5. The Kier molecular flexibility index (Phi) is 4.81. The Morgan fingerprint density at radius 3 is 2.76 bits per heavy atom. The van der Waals surface area contributed by atoms with Gasteiger partial charge in [-0.05, 0) is 50.6 Å². The minimum atomic E-state index is -0.532. The predicted molar refractivity (Wildman–Crippen MR) is 84.1 cm³/mol. The van der Waals surface area contributed by atoms with E-state index in [4.69, 9.17) is 16.3 Å². The summed E-state index contributed by atoms with van der Waals surface area (Å²) >= 11 is 6.02. The number of nitrogens with zero attached hydrogens (tertiary/aromatic N) is 1. The molecule has 1 aromatic carbocycles. The van der Waals surface area contributed by atoms with E-state index < -0.39 is 5.97 Å². The molecule has 0 unspecified atom stereocenters. The molecule has 0 spiro atoms. The van der Waals surface area contributed by atoms with Crippen LogP contribution >= 0.6 is 11.6 Å². The van der Waals surface area contributed by atoms with E-state index in [1.165, 1.54) is 0 Å². The SMILES string of the molecule is Cc1ccc(Cl)c(OC(=O)c2cccc(NC(C)C)n2)c1. The fourth-order valence-electron chi connectivity index (χ4n) is 1.77. The number of aromatic nitrogens is 1. The lowest BCUT2D eigenvalue weighted by molar-refractivity contribution is 0.0729. The van der Waals surface area contributed by atoms with Gasteiger partial charge in [-0.2, -0.15) is 0 Å². The summed E-state index contributed by atoms with van der Waals surface area (Å²) in [6, 6.07) is 10.7. The van der Waals surface area contributed by atoms with Gasteiger partial charge in [0.1, 0.15) is 11.6 Å². The highest BCUT2D eigenvalue weighted by Crippen LogP contribution is 2.26. The van der Waals surface area contributed by atoms with E-state index in [1.807, 2.05) is 26.8 Å². The van der Waals surface area contributed by atoms with Crippen LogP contribution < -0.4 is 10.1 Å². The fraction of sp³-hybridized carbons (Fsp3) is 0.250. The van der Waals surface area contributed by atoms with Gasteiger partial charge in [0.25, 0.3) is 0 Å². The molecule has 1 heterocycles. The number of pyridine rings is 1. The molecule has 2 aromatic rings. The third-order valence-electron chi connectivity index (χ3n) is 2.68. The lowest BCUT2D eigenvalue weighted by Gasteiger charge is -2.10. The van der Waals surface area contributed by atoms with Crippen molar-refractivity contribution in [3.8, 4) is 5.75 Å². The highest BCUT2D eigenvalue weighted by Gasteiger charge is 2.13. The Bertz CT molecular complexity index is 656. The molecule has 110 valence electrons. The summed E-state index contributed by atoms with van der Waals surface area (Å²) in [5.74, 6) is 0.440. The lowest BCUT2D eigenvalue weighted by atomic mass is 10.2. The van der Waals surface area contributed by atoms with E-state index in [0.717, 1.165) is 5.56 Å². The summed E-state index contributed by atoms with van der Waals surface area (Å²) in [6.45, 7) is 5.90. The molecular weight excluding hydrogens is 288 g/mol. The van der Waals surface area contributed by atoms with Crippen molar-refractivity contribution in [2.24, 2.45) is 0 Å². The molecule has 1 N–H and O–H groups in total. The van der Waals surface area contributed by atoms with E-state index in [2.05, 4.69) is 10.3 Å². The largest absolute Gasteiger partial charge is 0.420 e. The number of benzene rings is 1. The molecule has 21 heavy (non-hydrogen) atoms. The maximum atomic E-state index is 12.1. The van der Waals surface area contributed by atoms with Crippen molar-refractivity contribution in [1.82, 2.24) is 4.98 Å². The van der Waals surface area contributed by atoms with Gasteiger partial charge in [0, 0.05) is 6.04 Å². The van der Waals surface area contributed by atoms with Gasteiger partial charge in [-0.15, -0.1) is 0 Å². The molecule has 0 saturated heterocycles. The van der Waals surface area contributed by atoms with Crippen molar-refractivity contribution in [1.29, 1.82) is 0 Å². The summed E-state index contributed by atoms with van der Waals surface area (Å²) in [4.78, 5) is 16.4. The van der Waals surface area contributed by atoms with Crippen molar-refractivity contribution < 1.29 is 9.53 Å². The number of aryl methyl sites for hydroxylation is 1. The topological polar surface area (TPSA) is 51.2 Å². The van der Waals surface area contributed by atoms with Crippen molar-refractivity contribution in [2.45, 2.75) is 26.8 Å². The molecule has 0 saturated carbocycles. The Labute approximate surface area is 129 Å². The third kappa shape index (κ3) is 4.20. The molecule has 0 atom stereocenters. The van der Waals surface area contributed by atoms with Crippen LogP contribution in [0.3, 0.4) is 0 Å². The number of nitrogens with one attached hydrogen (secondary N) is 1. The van der Waals surface area contributed by atoms with Crippen LogP contribution in [0.15, 0.2) is 36.4 Å². The van der Waals surface area contributed by atoms with E-state index in [1.54, 1.807) is 30.3 Å². The van der Waals surface area contributed by atoms with E-state index in [9.17, 15) is 4.79 Å². The number of carbonyl (C=O) groups excluding carboxylic acids is 1. The zero-order valence-corrected chi connectivity index (χ0v) is 12.9. The standard InChI is InChI=1S/C16H17ClN2O2/c1-10(2)18-15-6-4-5-13(19-15)16(20)21-14-9-11(3)7-8-12(14)17/h4-10H,1-3H3,(H,18,19). The van der Waals surface area contributed by atoms with Crippen LogP contribution in [0.4, 0.5) is 5.82 Å². The van der Waals surface area contributed by atoms with Crippen LogP contribution in [0.1, 0.15) is 29.9 Å². The van der Waals surface area contributed by atoms with Crippen molar-refractivity contribution in [2.75, 3.05) is 5.32 Å². The van der Waals surface area contributed by atoms with Crippen LogP contribution in [-0.2, 0) is 0 Å². The first-order valence-electron chi connectivity index (χ1n) is 6.67. The molecule has 2 rings (SSSR count). The number of halogens is 1. The summed E-state index contributed by atoms with van der Waals surface area (Å²) in [5, 5.41) is 3.53. The van der Waals surface area contributed by atoms with Crippen LogP contribution in [-0.4, -0.2) is 17.0 Å². The minimum absolute atomic E-state index is 0.231. The minimum Gasteiger partial charge on any atom is -0.420 e. The average Bonchev–Trinajstić information content (AvgIpc) is 2.42. The molecule has 0 aliphatic carbocycles. The molecule has 0 bridgehead atoms. The molecule has 0 radical (unpaired) electrons. The first kappa shape index (κ1) is 15.3. The summed E-state index contributed by atoms with van der Waals surface area (Å²) in [5.41, 5.74) is 1.20. The first-order valence-corrected chi connectivity index (χ1v) is 7.05. The van der Waals surface area contributed by atoms with Gasteiger partial charge in [0.15, 0.2) is 5.69 Å². The molecule has 0 amide bonds. The van der Waals surface area contributed by atoms with Crippen LogP contribution in [0, 0.1) is 6.92 Å². The molecule has 0 aliphatic rings. The van der Waals surface area contributed by atoms with Gasteiger partial charge in [0.2, 0.25) is 0 Å². The van der Waals surface area contributed by atoms with E-state index in [-0.39, 0.29) is 11.7 Å². The Morgan fingerprint density at radius 1 is 1.29 bits per heavy atom. The van der Waals surface area contributed by atoms with Crippen LogP contribution in [0.2, 0.25) is 5.02 Å². The number of esters is 1. The number of ether oxygens (including phenoxy) is 1. The average molecular weight is 305 g/mol. The number of hydrogen-bond donors (Lipinski definition) is 1. The summed E-state index contributed by atoms with van der Waals surface area (Å²) in [7, 11) is 0. The second kappa shape index (κ2) is 6.59. The highest BCUT2D eigenvalue weighted by atomic mass is 35.5. The third-order valence-corrected chi connectivity index (χ3v) is 3.00. The molecular formula is C16H17ClN2O2. The summed E-state index contributed by atoms with van der Waals surface area (Å²) in [6.07, 6.45) is 0. The highest BCUT2D eigenvalue weighted by molar-refractivity contribution is 6.32.